The predicted molar refractivity (Wildman–Crippen MR) is 105 cm³/mol. The van der Waals surface area contributed by atoms with Gasteiger partial charge in [-0.1, -0.05) is 24.3 Å². The Morgan fingerprint density at radius 3 is 2.41 bits per heavy atom. The molecule has 1 saturated heterocycles. The van der Waals surface area contributed by atoms with Gasteiger partial charge >= 0.3 is 5.97 Å². The van der Waals surface area contributed by atoms with Crippen molar-refractivity contribution in [2.75, 3.05) is 19.8 Å². The summed E-state index contributed by atoms with van der Waals surface area (Å²) < 4.78 is 16.7. The van der Waals surface area contributed by atoms with Gasteiger partial charge in [0.2, 0.25) is 0 Å². The number of carbonyl (C=O) groups is 1. The number of hydrogen-bond acceptors (Lipinski definition) is 6. The first-order chi connectivity index (χ1) is 14.0. The quantitative estimate of drug-likeness (QED) is 0.559. The Kier molecular flexibility index (Phi) is 7.09. The van der Waals surface area contributed by atoms with Crippen LogP contribution in [0.25, 0.3) is 0 Å². The third-order valence-corrected chi connectivity index (χ3v) is 4.87. The molecule has 0 amide bonds. The predicted octanol–water partition coefficient (Wildman–Crippen LogP) is 2.17. The first-order valence-corrected chi connectivity index (χ1v) is 9.60. The minimum atomic E-state index is -1.17. The summed E-state index contributed by atoms with van der Waals surface area (Å²) in [6.45, 7) is 0.528. The second-order valence-corrected chi connectivity index (χ2v) is 7.15. The van der Waals surface area contributed by atoms with Gasteiger partial charge in [-0.3, -0.25) is 0 Å². The molecule has 0 aliphatic carbocycles. The molecule has 0 saturated carbocycles. The second-order valence-electron chi connectivity index (χ2n) is 7.15. The van der Waals surface area contributed by atoms with Crippen LogP contribution >= 0.6 is 0 Å². The summed E-state index contributed by atoms with van der Waals surface area (Å²) in [5.41, 5.74) is 0.424. The number of benzene rings is 2. The molecule has 0 radical (unpaired) electrons. The van der Waals surface area contributed by atoms with Crippen molar-refractivity contribution in [2.24, 2.45) is 0 Å². The lowest BCUT2D eigenvalue weighted by molar-refractivity contribution is -0.159. The summed E-state index contributed by atoms with van der Waals surface area (Å²) in [4.78, 5) is 11.6. The van der Waals surface area contributed by atoms with E-state index in [9.17, 15) is 15.0 Å². The van der Waals surface area contributed by atoms with Crippen LogP contribution in [0.5, 0.6) is 11.5 Å². The number of carboxylic acids is 1. The fourth-order valence-corrected chi connectivity index (χ4v) is 3.28. The van der Waals surface area contributed by atoms with Gasteiger partial charge in [-0.25, -0.2) is 4.79 Å². The number of hydrogen-bond donors (Lipinski definition) is 3. The van der Waals surface area contributed by atoms with E-state index in [1.165, 1.54) is 0 Å². The highest BCUT2D eigenvalue weighted by atomic mass is 16.5. The van der Waals surface area contributed by atoms with Crippen LogP contribution in [0, 0.1) is 0 Å². The van der Waals surface area contributed by atoms with Gasteiger partial charge in [0, 0.05) is 13.0 Å². The Labute approximate surface area is 169 Å². The molecule has 2 unspecified atom stereocenters. The Balaban J connectivity index is 1.50. The molecule has 0 aromatic heterocycles. The van der Waals surface area contributed by atoms with Crippen molar-refractivity contribution in [2.45, 2.75) is 37.6 Å². The van der Waals surface area contributed by atoms with Crippen molar-refractivity contribution in [3.05, 3.63) is 59.7 Å². The standard InChI is InChI=1S/C22H26O7/c23-13-16-5-7-19(8-6-16)27-14-18(24)15-28-20-4-1-3-17(11-20)12-22(21(25)26)9-2-10-29-22/h1,3-8,11,18,23-24H,2,9-10,12-15H2,(H,25,26). The summed E-state index contributed by atoms with van der Waals surface area (Å²) in [7, 11) is 0. The molecule has 156 valence electrons. The summed E-state index contributed by atoms with van der Waals surface area (Å²) in [5.74, 6) is 0.201. The molecule has 3 rings (SSSR count). The molecule has 7 heteroatoms. The van der Waals surface area contributed by atoms with Gasteiger partial charge < -0.3 is 29.5 Å². The number of carboxylic acid groups (broad SMARTS) is 1. The maximum absolute atomic E-state index is 11.6. The first-order valence-electron chi connectivity index (χ1n) is 9.60. The fraction of sp³-hybridized carbons (Fsp3) is 0.409. The zero-order valence-corrected chi connectivity index (χ0v) is 16.1. The molecule has 2 aromatic rings. The zero-order valence-electron chi connectivity index (χ0n) is 16.1. The molecule has 7 nitrogen and oxygen atoms in total. The number of aliphatic hydroxyl groups excluding tert-OH is 2. The molecule has 0 spiro atoms. The number of ether oxygens (including phenoxy) is 3. The number of aliphatic carboxylic acids is 1. The lowest BCUT2D eigenvalue weighted by Crippen LogP contribution is -2.40. The molecular formula is C22H26O7. The molecule has 1 heterocycles. The third-order valence-electron chi connectivity index (χ3n) is 4.87. The monoisotopic (exact) mass is 402 g/mol. The molecule has 29 heavy (non-hydrogen) atoms. The van der Waals surface area contributed by atoms with Gasteiger partial charge in [0.05, 0.1) is 6.61 Å². The SMILES string of the molecule is O=C(O)C1(Cc2cccc(OCC(O)COc3ccc(CO)cc3)c2)CCCO1. The van der Waals surface area contributed by atoms with Crippen molar-refractivity contribution in [1.29, 1.82) is 0 Å². The average Bonchev–Trinajstić information content (AvgIpc) is 3.21. The Hall–Kier alpha value is -2.61. The van der Waals surface area contributed by atoms with Crippen molar-refractivity contribution < 1.29 is 34.3 Å². The van der Waals surface area contributed by atoms with Crippen LogP contribution in [0.2, 0.25) is 0 Å². The van der Waals surface area contributed by atoms with E-state index < -0.39 is 17.7 Å². The van der Waals surface area contributed by atoms with Gasteiger partial charge in [-0.15, -0.1) is 0 Å². The van der Waals surface area contributed by atoms with Crippen LogP contribution in [0.4, 0.5) is 0 Å². The smallest absolute Gasteiger partial charge is 0.336 e. The van der Waals surface area contributed by atoms with E-state index in [2.05, 4.69) is 0 Å². The van der Waals surface area contributed by atoms with Crippen molar-refractivity contribution in [3.8, 4) is 11.5 Å². The minimum Gasteiger partial charge on any atom is -0.491 e. The van der Waals surface area contributed by atoms with E-state index in [4.69, 9.17) is 19.3 Å². The first kappa shape index (κ1) is 21.1. The van der Waals surface area contributed by atoms with Crippen LogP contribution in [-0.2, 0) is 22.6 Å². The Morgan fingerprint density at radius 2 is 1.79 bits per heavy atom. The fourth-order valence-electron chi connectivity index (χ4n) is 3.28. The topological polar surface area (TPSA) is 105 Å². The average molecular weight is 402 g/mol. The van der Waals surface area contributed by atoms with Crippen LogP contribution < -0.4 is 9.47 Å². The highest BCUT2D eigenvalue weighted by molar-refractivity contribution is 5.78. The summed E-state index contributed by atoms with van der Waals surface area (Å²) in [5, 5.41) is 28.7. The molecule has 1 fully saturated rings. The molecule has 1 aliphatic rings. The summed E-state index contributed by atoms with van der Waals surface area (Å²) in [6, 6.07) is 14.1. The lowest BCUT2D eigenvalue weighted by atomic mass is 9.91. The van der Waals surface area contributed by atoms with Gasteiger partial charge in [-0.2, -0.15) is 0 Å². The number of rotatable bonds is 10. The highest BCUT2D eigenvalue weighted by Gasteiger charge is 2.42. The van der Waals surface area contributed by atoms with E-state index in [1.807, 2.05) is 6.07 Å². The Bertz CT molecular complexity index is 797. The maximum atomic E-state index is 11.6. The van der Waals surface area contributed by atoms with Crippen LogP contribution in [0.15, 0.2) is 48.5 Å². The number of aliphatic hydroxyl groups is 2. The zero-order chi connectivity index (χ0) is 20.7. The van der Waals surface area contributed by atoms with E-state index in [-0.39, 0.29) is 26.2 Å². The van der Waals surface area contributed by atoms with Gasteiger partial charge in [0.1, 0.15) is 30.8 Å². The van der Waals surface area contributed by atoms with Gasteiger partial charge in [0.25, 0.3) is 0 Å². The van der Waals surface area contributed by atoms with Crippen LogP contribution in [-0.4, -0.2) is 52.8 Å². The van der Waals surface area contributed by atoms with Gasteiger partial charge in [0.15, 0.2) is 5.60 Å². The molecular weight excluding hydrogens is 376 g/mol. The molecule has 2 aromatic carbocycles. The second kappa shape index (κ2) is 9.73. The van der Waals surface area contributed by atoms with E-state index in [0.717, 1.165) is 17.5 Å². The van der Waals surface area contributed by atoms with E-state index in [0.29, 0.717) is 24.5 Å². The van der Waals surface area contributed by atoms with Crippen LogP contribution in [0.1, 0.15) is 24.0 Å². The summed E-state index contributed by atoms with van der Waals surface area (Å²) in [6.07, 6.45) is 0.662. The lowest BCUT2D eigenvalue weighted by Gasteiger charge is -2.23. The molecule has 3 N–H and O–H groups in total. The van der Waals surface area contributed by atoms with Gasteiger partial charge in [-0.05, 0) is 48.2 Å². The normalized spacial score (nSPS) is 19.7. The van der Waals surface area contributed by atoms with E-state index in [1.54, 1.807) is 42.5 Å². The third kappa shape index (κ3) is 5.69. The minimum absolute atomic E-state index is 0.0322. The largest absolute Gasteiger partial charge is 0.491 e. The highest BCUT2D eigenvalue weighted by Crippen LogP contribution is 2.31. The van der Waals surface area contributed by atoms with E-state index >= 15 is 0 Å². The molecule has 1 aliphatic heterocycles. The summed E-state index contributed by atoms with van der Waals surface area (Å²) >= 11 is 0. The van der Waals surface area contributed by atoms with Crippen molar-refractivity contribution >= 4 is 5.97 Å². The maximum Gasteiger partial charge on any atom is 0.336 e. The van der Waals surface area contributed by atoms with Crippen LogP contribution in [0.3, 0.4) is 0 Å². The molecule has 0 bridgehead atoms. The van der Waals surface area contributed by atoms with Crippen molar-refractivity contribution in [3.63, 3.8) is 0 Å². The molecule has 2 atom stereocenters. The Morgan fingerprint density at radius 1 is 1.07 bits per heavy atom. The van der Waals surface area contributed by atoms with Crippen molar-refractivity contribution in [1.82, 2.24) is 0 Å².